The standard InChI is InChI=1S/C8H14F3NO4/c1-7(16,4-13)3-12-2-5(6(14)15)8(9,10)11/h5,12-13,16H,2-4H2,1H3,(H,14,15). The number of aliphatic hydroxyl groups excluding tert-OH is 1. The number of nitrogens with one attached hydrogen (secondary N) is 1. The molecule has 2 unspecified atom stereocenters. The van der Waals surface area contributed by atoms with Crippen LogP contribution in [0.15, 0.2) is 0 Å². The third kappa shape index (κ3) is 5.29. The first-order chi connectivity index (χ1) is 7.10. The van der Waals surface area contributed by atoms with Crippen molar-refractivity contribution < 1.29 is 33.3 Å². The largest absolute Gasteiger partial charge is 0.481 e. The number of carboxylic acids is 1. The summed E-state index contributed by atoms with van der Waals surface area (Å²) in [5.74, 6) is -4.51. The van der Waals surface area contributed by atoms with E-state index in [-0.39, 0.29) is 6.54 Å². The van der Waals surface area contributed by atoms with Crippen LogP contribution in [0, 0.1) is 5.92 Å². The SMILES string of the molecule is CC(O)(CO)CNCC(C(=O)O)C(F)(F)F. The molecule has 0 heterocycles. The van der Waals surface area contributed by atoms with E-state index in [1.807, 2.05) is 0 Å². The number of hydrogen-bond donors (Lipinski definition) is 4. The molecular weight excluding hydrogens is 231 g/mol. The maximum atomic E-state index is 12.1. The van der Waals surface area contributed by atoms with Gasteiger partial charge in [-0.25, -0.2) is 0 Å². The molecule has 0 bridgehead atoms. The van der Waals surface area contributed by atoms with Gasteiger partial charge < -0.3 is 20.6 Å². The van der Waals surface area contributed by atoms with Gasteiger partial charge in [0.15, 0.2) is 5.92 Å². The lowest BCUT2D eigenvalue weighted by molar-refractivity contribution is -0.192. The summed E-state index contributed by atoms with van der Waals surface area (Å²) in [4.78, 5) is 10.3. The van der Waals surface area contributed by atoms with Crippen LogP contribution < -0.4 is 5.32 Å². The van der Waals surface area contributed by atoms with Crippen molar-refractivity contribution in [3.63, 3.8) is 0 Å². The second-order valence-electron chi connectivity index (χ2n) is 3.72. The lowest BCUT2D eigenvalue weighted by Crippen LogP contribution is -2.46. The summed E-state index contributed by atoms with van der Waals surface area (Å²) in [7, 11) is 0. The molecule has 0 aliphatic carbocycles. The van der Waals surface area contributed by atoms with Gasteiger partial charge in [0.05, 0.1) is 12.2 Å². The number of aliphatic carboxylic acids is 1. The summed E-state index contributed by atoms with van der Waals surface area (Å²) in [6.45, 7) is -0.606. The predicted octanol–water partition coefficient (Wildman–Crippen LogP) is -0.418. The van der Waals surface area contributed by atoms with Gasteiger partial charge in [-0.2, -0.15) is 13.2 Å². The zero-order valence-electron chi connectivity index (χ0n) is 8.58. The molecule has 0 aromatic carbocycles. The second kappa shape index (κ2) is 5.46. The molecule has 0 spiro atoms. The van der Waals surface area contributed by atoms with Crippen molar-refractivity contribution in [2.24, 2.45) is 5.92 Å². The molecule has 0 amide bonds. The molecule has 0 radical (unpaired) electrons. The Kier molecular flexibility index (Phi) is 5.17. The number of carbonyl (C=O) groups is 1. The first-order valence-corrected chi connectivity index (χ1v) is 4.43. The van der Waals surface area contributed by atoms with Crippen LogP contribution in [0.1, 0.15) is 6.92 Å². The van der Waals surface area contributed by atoms with Gasteiger partial charge in [0, 0.05) is 13.1 Å². The van der Waals surface area contributed by atoms with Gasteiger partial charge in [0.25, 0.3) is 0 Å². The van der Waals surface area contributed by atoms with E-state index in [9.17, 15) is 23.1 Å². The fraction of sp³-hybridized carbons (Fsp3) is 0.875. The molecule has 0 saturated carbocycles. The van der Waals surface area contributed by atoms with Gasteiger partial charge in [-0.05, 0) is 6.92 Å². The molecule has 96 valence electrons. The number of carboxylic acid groups (broad SMARTS) is 1. The van der Waals surface area contributed by atoms with E-state index in [2.05, 4.69) is 5.32 Å². The number of alkyl halides is 3. The molecule has 4 N–H and O–H groups in total. The van der Waals surface area contributed by atoms with Crippen molar-refractivity contribution >= 4 is 5.97 Å². The van der Waals surface area contributed by atoms with Gasteiger partial charge >= 0.3 is 12.1 Å². The highest BCUT2D eigenvalue weighted by Gasteiger charge is 2.44. The Balaban J connectivity index is 4.21. The van der Waals surface area contributed by atoms with Crippen molar-refractivity contribution in [1.29, 1.82) is 0 Å². The highest BCUT2D eigenvalue weighted by molar-refractivity contribution is 5.71. The maximum absolute atomic E-state index is 12.1. The van der Waals surface area contributed by atoms with E-state index in [0.717, 1.165) is 0 Å². The number of rotatable bonds is 6. The third-order valence-electron chi connectivity index (χ3n) is 1.89. The molecule has 0 aliphatic heterocycles. The van der Waals surface area contributed by atoms with Crippen molar-refractivity contribution in [3.8, 4) is 0 Å². The summed E-state index contributed by atoms with van der Waals surface area (Å²) in [6, 6.07) is 0. The molecule has 0 rings (SSSR count). The monoisotopic (exact) mass is 245 g/mol. The Bertz CT molecular complexity index is 242. The number of aliphatic hydroxyl groups is 2. The summed E-state index contributed by atoms with van der Waals surface area (Å²) >= 11 is 0. The van der Waals surface area contributed by atoms with Crippen LogP contribution in [-0.4, -0.2) is 52.8 Å². The maximum Gasteiger partial charge on any atom is 0.403 e. The smallest absolute Gasteiger partial charge is 0.403 e. The number of halogens is 3. The van der Waals surface area contributed by atoms with Crippen LogP contribution in [-0.2, 0) is 4.79 Å². The Morgan fingerprint density at radius 2 is 1.94 bits per heavy atom. The highest BCUT2D eigenvalue weighted by Crippen LogP contribution is 2.25. The minimum atomic E-state index is -4.84. The summed E-state index contributed by atoms with van der Waals surface area (Å²) in [5, 5.41) is 28.3. The average molecular weight is 245 g/mol. The van der Waals surface area contributed by atoms with Crippen molar-refractivity contribution in [2.75, 3.05) is 19.7 Å². The average Bonchev–Trinajstić information content (AvgIpc) is 2.09. The van der Waals surface area contributed by atoms with Crippen molar-refractivity contribution in [3.05, 3.63) is 0 Å². The first-order valence-electron chi connectivity index (χ1n) is 4.43. The number of hydrogen-bond acceptors (Lipinski definition) is 4. The minimum absolute atomic E-state index is 0.330. The van der Waals surface area contributed by atoms with Crippen LogP contribution in [0.25, 0.3) is 0 Å². The Morgan fingerprint density at radius 1 is 1.44 bits per heavy atom. The van der Waals surface area contributed by atoms with Crippen LogP contribution in [0.3, 0.4) is 0 Å². The Labute approximate surface area is 89.9 Å². The molecule has 5 nitrogen and oxygen atoms in total. The molecule has 2 atom stereocenters. The summed E-state index contributed by atoms with van der Waals surface area (Å²) in [5.41, 5.74) is -1.57. The molecule has 0 aromatic rings. The van der Waals surface area contributed by atoms with Crippen LogP contribution in [0.2, 0.25) is 0 Å². The highest BCUT2D eigenvalue weighted by atomic mass is 19.4. The normalized spacial score (nSPS) is 17.9. The van der Waals surface area contributed by atoms with E-state index in [0.29, 0.717) is 0 Å². The van der Waals surface area contributed by atoms with Gasteiger partial charge in [-0.1, -0.05) is 0 Å². The zero-order chi connectivity index (χ0) is 13.0. The fourth-order valence-corrected chi connectivity index (χ4v) is 0.885. The van der Waals surface area contributed by atoms with Crippen molar-refractivity contribution in [1.82, 2.24) is 5.32 Å². The molecule has 0 aliphatic rings. The molecule has 16 heavy (non-hydrogen) atoms. The fourth-order valence-electron chi connectivity index (χ4n) is 0.885. The van der Waals surface area contributed by atoms with Gasteiger partial charge in [0.1, 0.15) is 0 Å². The molecule has 0 aromatic heterocycles. The lowest BCUT2D eigenvalue weighted by Gasteiger charge is -2.23. The Morgan fingerprint density at radius 3 is 2.25 bits per heavy atom. The van der Waals surface area contributed by atoms with E-state index in [1.54, 1.807) is 0 Å². The van der Waals surface area contributed by atoms with Gasteiger partial charge in [-0.3, -0.25) is 4.79 Å². The molecule has 0 saturated heterocycles. The molecule has 8 heteroatoms. The van der Waals surface area contributed by atoms with Crippen molar-refractivity contribution in [2.45, 2.75) is 18.7 Å². The predicted molar refractivity (Wildman–Crippen MR) is 47.8 cm³/mol. The van der Waals surface area contributed by atoms with Crippen LogP contribution in [0.5, 0.6) is 0 Å². The van der Waals surface area contributed by atoms with E-state index >= 15 is 0 Å². The third-order valence-corrected chi connectivity index (χ3v) is 1.89. The quantitative estimate of drug-likeness (QED) is 0.510. The van der Waals surface area contributed by atoms with E-state index in [1.165, 1.54) is 6.92 Å². The summed E-state index contributed by atoms with van der Waals surface area (Å²) < 4.78 is 36.4. The van der Waals surface area contributed by atoms with E-state index in [4.69, 9.17) is 10.2 Å². The topological polar surface area (TPSA) is 89.8 Å². The molecule has 0 fully saturated rings. The van der Waals surface area contributed by atoms with Gasteiger partial charge in [-0.15, -0.1) is 0 Å². The minimum Gasteiger partial charge on any atom is -0.481 e. The van der Waals surface area contributed by atoms with Crippen LogP contribution >= 0.6 is 0 Å². The van der Waals surface area contributed by atoms with E-state index < -0.39 is 36.8 Å². The Hall–Kier alpha value is -0.860. The molecular formula is C8H14F3NO4. The second-order valence-corrected chi connectivity index (χ2v) is 3.72. The van der Waals surface area contributed by atoms with Crippen LogP contribution in [0.4, 0.5) is 13.2 Å². The van der Waals surface area contributed by atoms with Gasteiger partial charge in [0.2, 0.25) is 0 Å². The summed E-state index contributed by atoms with van der Waals surface area (Å²) in [6.07, 6.45) is -4.84. The lowest BCUT2D eigenvalue weighted by atomic mass is 10.1. The first kappa shape index (κ1) is 15.1. The zero-order valence-corrected chi connectivity index (χ0v) is 8.58.